The molecule has 0 bridgehead atoms. The molecule has 0 saturated heterocycles. The topological polar surface area (TPSA) is 75.6 Å². The zero-order valence-corrected chi connectivity index (χ0v) is 13.5. The first kappa shape index (κ1) is 16.1. The molecule has 0 heterocycles. The standard InChI is InChI=1S/C12H13Br2NO4/c1-6-3-8(13)11(9(14)4-6)15-10(16)5-19-7(2)12(17)18/h3-4,7H,5H2,1-2H3,(H,15,16)(H,17,18). The summed E-state index contributed by atoms with van der Waals surface area (Å²) in [6.07, 6.45) is -1.02. The fourth-order valence-corrected chi connectivity index (χ4v) is 2.88. The van der Waals surface area contributed by atoms with Crippen molar-refractivity contribution in [1.82, 2.24) is 0 Å². The molecule has 0 aliphatic carbocycles. The molecule has 1 amide bonds. The van der Waals surface area contributed by atoms with Crippen LogP contribution in [0.4, 0.5) is 5.69 Å². The van der Waals surface area contributed by atoms with Crippen LogP contribution >= 0.6 is 31.9 Å². The number of anilines is 1. The third-order valence-electron chi connectivity index (χ3n) is 2.26. The predicted molar refractivity (Wildman–Crippen MR) is 78.3 cm³/mol. The van der Waals surface area contributed by atoms with Gasteiger partial charge in [0.25, 0.3) is 0 Å². The van der Waals surface area contributed by atoms with E-state index in [-0.39, 0.29) is 6.61 Å². The largest absolute Gasteiger partial charge is 0.479 e. The van der Waals surface area contributed by atoms with Gasteiger partial charge in [-0.1, -0.05) is 0 Å². The summed E-state index contributed by atoms with van der Waals surface area (Å²) in [4.78, 5) is 22.2. The van der Waals surface area contributed by atoms with Crippen molar-refractivity contribution < 1.29 is 19.4 Å². The van der Waals surface area contributed by atoms with Gasteiger partial charge in [0.05, 0.1) is 5.69 Å². The van der Waals surface area contributed by atoms with E-state index in [1.807, 2.05) is 19.1 Å². The van der Waals surface area contributed by atoms with Gasteiger partial charge < -0.3 is 15.2 Å². The lowest BCUT2D eigenvalue weighted by molar-refractivity contribution is -0.150. The molecular weight excluding hydrogens is 382 g/mol. The molecule has 1 atom stereocenters. The van der Waals surface area contributed by atoms with Crippen molar-refractivity contribution >= 4 is 49.4 Å². The van der Waals surface area contributed by atoms with Crippen molar-refractivity contribution in [2.45, 2.75) is 20.0 Å². The van der Waals surface area contributed by atoms with Crippen molar-refractivity contribution in [3.63, 3.8) is 0 Å². The number of ether oxygens (including phenoxy) is 1. The van der Waals surface area contributed by atoms with Crippen LogP contribution in [0.3, 0.4) is 0 Å². The smallest absolute Gasteiger partial charge is 0.332 e. The van der Waals surface area contributed by atoms with E-state index in [4.69, 9.17) is 9.84 Å². The molecule has 0 radical (unpaired) electrons. The van der Waals surface area contributed by atoms with E-state index in [0.717, 1.165) is 14.5 Å². The molecule has 104 valence electrons. The molecule has 1 rings (SSSR count). The van der Waals surface area contributed by atoms with Crippen LogP contribution in [0.5, 0.6) is 0 Å². The first-order valence-corrected chi connectivity index (χ1v) is 6.99. The molecule has 0 aliphatic rings. The molecule has 5 nitrogen and oxygen atoms in total. The number of halogens is 2. The van der Waals surface area contributed by atoms with E-state index in [9.17, 15) is 9.59 Å². The van der Waals surface area contributed by atoms with Gasteiger partial charge in [-0.2, -0.15) is 0 Å². The number of carbonyl (C=O) groups is 2. The molecule has 2 N–H and O–H groups in total. The molecule has 7 heteroatoms. The van der Waals surface area contributed by atoms with E-state index in [1.54, 1.807) is 0 Å². The van der Waals surface area contributed by atoms with Gasteiger partial charge in [-0.3, -0.25) is 4.79 Å². The van der Waals surface area contributed by atoms with Crippen molar-refractivity contribution in [3.05, 3.63) is 26.6 Å². The van der Waals surface area contributed by atoms with Crippen molar-refractivity contribution in [1.29, 1.82) is 0 Å². The first-order chi connectivity index (χ1) is 8.81. The second kappa shape index (κ2) is 7.02. The zero-order valence-electron chi connectivity index (χ0n) is 10.4. The number of amides is 1. The minimum absolute atomic E-state index is 0.319. The molecule has 1 unspecified atom stereocenters. The quantitative estimate of drug-likeness (QED) is 0.804. The van der Waals surface area contributed by atoms with Gasteiger partial charge in [-0.05, 0) is 63.4 Å². The normalized spacial score (nSPS) is 12.0. The number of rotatable bonds is 5. The van der Waals surface area contributed by atoms with Gasteiger partial charge in [0.15, 0.2) is 6.10 Å². The number of hydrogen-bond donors (Lipinski definition) is 2. The highest BCUT2D eigenvalue weighted by atomic mass is 79.9. The van der Waals surface area contributed by atoms with Gasteiger partial charge in [-0.15, -0.1) is 0 Å². The van der Waals surface area contributed by atoms with Gasteiger partial charge in [0, 0.05) is 8.95 Å². The Kier molecular flexibility index (Phi) is 5.96. The second-order valence-electron chi connectivity index (χ2n) is 3.94. The number of aryl methyl sites for hydroxylation is 1. The summed E-state index contributed by atoms with van der Waals surface area (Å²) in [5, 5.41) is 11.3. The van der Waals surface area contributed by atoms with Crippen molar-refractivity contribution in [2.24, 2.45) is 0 Å². The lowest BCUT2D eigenvalue weighted by Gasteiger charge is -2.12. The van der Waals surface area contributed by atoms with Gasteiger partial charge in [-0.25, -0.2) is 4.79 Å². The molecule has 0 aliphatic heterocycles. The van der Waals surface area contributed by atoms with Crippen LogP contribution in [-0.2, 0) is 14.3 Å². The van der Waals surface area contributed by atoms with Crippen LogP contribution in [0.2, 0.25) is 0 Å². The fourth-order valence-electron chi connectivity index (χ4n) is 1.27. The Morgan fingerprint density at radius 2 is 1.89 bits per heavy atom. The van der Waals surface area contributed by atoms with E-state index in [1.165, 1.54) is 6.92 Å². The van der Waals surface area contributed by atoms with Crippen molar-refractivity contribution in [3.8, 4) is 0 Å². The molecule has 1 aromatic rings. The number of hydrogen-bond acceptors (Lipinski definition) is 3. The Labute approximate surface area is 127 Å². The lowest BCUT2D eigenvalue weighted by atomic mass is 10.2. The minimum atomic E-state index is -1.11. The summed E-state index contributed by atoms with van der Waals surface area (Å²) in [5.74, 6) is -1.52. The Hall–Kier alpha value is -0.920. The predicted octanol–water partition coefficient (Wildman–Crippen LogP) is 2.95. The molecule has 0 spiro atoms. The minimum Gasteiger partial charge on any atom is -0.479 e. The van der Waals surface area contributed by atoms with Crippen LogP contribution in [0.15, 0.2) is 21.1 Å². The van der Waals surface area contributed by atoms with Crippen LogP contribution in [0, 0.1) is 6.92 Å². The molecular formula is C12H13Br2NO4. The van der Waals surface area contributed by atoms with Crippen LogP contribution in [0.25, 0.3) is 0 Å². The monoisotopic (exact) mass is 393 g/mol. The number of aliphatic carboxylic acids is 1. The van der Waals surface area contributed by atoms with Gasteiger partial charge in [0.2, 0.25) is 5.91 Å². The van der Waals surface area contributed by atoms with E-state index < -0.39 is 18.0 Å². The Balaban J connectivity index is 2.65. The highest BCUT2D eigenvalue weighted by Gasteiger charge is 2.15. The lowest BCUT2D eigenvalue weighted by Crippen LogP contribution is -2.26. The Morgan fingerprint density at radius 1 is 1.37 bits per heavy atom. The zero-order chi connectivity index (χ0) is 14.6. The Bertz CT molecular complexity index is 481. The molecule has 19 heavy (non-hydrogen) atoms. The molecule has 0 aromatic heterocycles. The second-order valence-corrected chi connectivity index (χ2v) is 5.65. The van der Waals surface area contributed by atoms with Crippen LogP contribution in [-0.4, -0.2) is 29.7 Å². The summed E-state index contributed by atoms with van der Waals surface area (Å²) in [6, 6.07) is 3.72. The summed E-state index contributed by atoms with van der Waals surface area (Å²) in [5.41, 5.74) is 1.62. The highest BCUT2D eigenvalue weighted by Crippen LogP contribution is 2.32. The number of carboxylic acid groups (broad SMARTS) is 1. The third-order valence-corrected chi connectivity index (χ3v) is 3.51. The SMILES string of the molecule is Cc1cc(Br)c(NC(=O)COC(C)C(=O)O)c(Br)c1. The average molecular weight is 395 g/mol. The van der Waals surface area contributed by atoms with E-state index in [2.05, 4.69) is 37.2 Å². The van der Waals surface area contributed by atoms with Gasteiger partial charge in [0.1, 0.15) is 6.61 Å². The summed E-state index contributed by atoms with van der Waals surface area (Å²) in [7, 11) is 0. The molecule has 0 fully saturated rings. The summed E-state index contributed by atoms with van der Waals surface area (Å²) in [6.45, 7) is 2.98. The summed E-state index contributed by atoms with van der Waals surface area (Å²) >= 11 is 6.70. The molecule has 1 aromatic carbocycles. The average Bonchev–Trinajstić information content (AvgIpc) is 2.30. The number of benzene rings is 1. The van der Waals surface area contributed by atoms with E-state index >= 15 is 0 Å². The van der Waals surface area contributed by atoms with Crippen molar-refractivity contribution in [2.75, 3.05) is 11.9 Å². The number of carboxylic acids is 1. The number of carbonyl (C=O) groups excluding carboxylic acids is 1. The number of nitrogens with one attached hydrogen (secondary N) is 1. The van der Waals surface area contributed by atoms with E-state index in [0.29, 0.717) is 5.69 Å². The Morgan fingerprint density at radius 3 is 2.37 bits per heavy atom. The fraction of sp³-hybridized carbons (Fsp3) is 0.333. The maximum atomic E-state index is 11.7. The van der Waals surface area contributed by atoms with Gasteiger partial charge >= 0.3 is 5.97 Å². The maximum absolute atomic E-state index is 11.7. The summed E-state index contributed by atoms with van der Waals surface area (Å²) < 4.78 is 6.37. The van der Waals surface area contributed by atoms with Crippen LogP contribution in [0.1, 0.15) is 12.5 Å². The third kappa shape index (κ3) is 4.93. The maximum Gasteiger partial charge on any atom is 0.332 e. The first-order valence-electron chi connectivity index (χ1n) is 5.41. The molecule has 0 saturated carbocycles. The van der Waals surface area contributed by atoms with Crippen LogP contribution < -0.4 is 5.32 Å². The highest BCUT2D eigenvalue weighted by molar-refractivity contribution is 9.11.